The van der Waals surface area contributed by atoms with E-state index in [0.717, 1.165) is 6.07 Å². The molecule has 112 valence electrons. The standard InChI is InChI=1S/C12H7Br2F3N2O2/c13-7-3-6(1-2-10(7)21-12(15,16)17)20-11-8(14)4-19-5-9(11)18/h1-5H,18H2. The molecule has 9 heteroatoms. The van der Waals surface area contributed by atoms with Crippen LogP contribution in [0.4, 0.5) is 18.9 Å². The van der Waals surface area contributed by atoms with E-state index in [1.54, 1.807) is 0 Å². The van der Waals surface area contributed by atoms with Crippen molar-refractivity contribution in [2.75, 3.05) is 5.73 Å². The Balaban J connectivity index is 2.25. The van der Waals surface area contributed by atoms with Crippen LogP contribution in [0.5, 0.6) is 17.2 Å². The predicted molar refractivity (Wildman–Crippen MR) is 77.2 cm³/mol. The molecule has 0 aliphatic heterocycles. The summed E-state index contributed by atoms with van der Waals surface area (Å²) >= 11 is 6.21. The van der Waals surface area contributed by atoms with Gasteiger partial charge < -0.3 is 15.2 Å². The summed E-state index contributed by atoms with van der Waals surface area (Å²) in [7, 11) is 0. The maximum Gasteiger partial charge on any atom is 0.573 e. The van der Waals surface area contributed by atoms with Gasteiger partial charge in [-0.2, -0.15) is 0 Å². The van der Waals surface area contributed by atoms with Crippen molar-refractivity contribution in [1.82, 2.24) is 4.98 Å². The number of alkyl halides is 3. The summed E-state index contributed by atoms with van der Waals surface area (Å²) in [4.78, 5) is 3.85. The van der Waals surface area contributed by atoms with Crippen molar-refractivity contribution in [3.63, 3.8) is 0 Å². The van der Waals surface area contributed by atoms with Gasteiger partial charge in [0.1, 0.15) is 11.5 Å². The first-order valence-electron chi connectivity index (χ1n) is 5.38. The van der Waals surface area contributed by atoms with E-state index < -0.39 is 6.36 Å². The lowest BCUT2D eigenvalue weighted by Gasteiger charge is -2.13. The summed E-state index contributed by atoms with van der Waals surface area (Å²) in [6, 6.07) is 3.81. The average molecular weight is 428 g/mol. The smallest absolute Gasteiger partial charge is 0.454 e. The monoisotopic (exact) mass is 426 g/mol. The Morgan fingerprint density at radius 1 is 1.10 bits per heavy atom. The third kappa shape index (κ3) is 4.24. The minimum atomic E-state index is -4.76. The molecule has 0 radical (unpaired) electrons. The summed E-state index contributed by atoms with van der Waals surface area (Å²) in [5.74, 6) is 0.244. The lowest BCUT2D eigenvalue weighted by molar-refractivity contribution is -0.274. The summed E-state index contributed by atoms with van der Waals surface area (Å²) in [6.07, 6.45) is -1.87. The summed E-state index contributed by atoms with van der Waals surface area (Å²) < 4.78 is 46.5. The number of nitrogens with zero attached hydrogens (tertiary/aromatic N) is 1. The Kier molecular flexibility index (Phi) is 4.62. The number of benzene rings is 1. The molecule has 0 spiro atoms. The van der Waals surface area contributed by atoms with Gasteiger partial charge in [0.25, 0.3) is 0 Å². The van der Waals surface area contributed by atoms with Gasteiger partial charge >= 0.3 is 6.36 Å². The zero-order valence-corrected chi connectivity index (χ0v) is 13.3. The van der Waals surface area contributed by atoms with Gasteiger partial charge in [-0.1, -0.05) is 0 Å². The van der Waals surface area contributed by atoms with Gasteiger partial charge in [0.05, 0.1) is 20.8 Å². The number of nitrogens with two attached hydrogens (primary N) is 1. The summed E-state index contributed by atoms with van der Waals surface area (Å²) in [5, 5.41) is 0. The van der Waals surface area contributed by atoms with Crippen molar-refractivity contribution in [3.05, 3.63) is 39.5 Å². The van der Waals surface area contributed by atoms with Crippen LogP contribution in [-0.4, -0.2) is 11.3 Å². The van der Waals surface area contributed by atoms with E-state index in [0.29, 0.717) is 10.2 Å². The van der Waals surface area contributed by atoms with Crippen LogP contribution in [0.15, 0.2) is 39.5 Å². The van der Waals surface area contributed by atoms with Crippen LogP contribution in [0.1, 0.15) is 0 Å². The maximum absolute atomic E-state index is 12.2. The Labute approximate surface area is 134 Å². The van der Waals surface area contributed by atoms with Gasteiger partial charge in [0, 0.05) is 6.20 Å². The van der Waals surface area contributed by atoms with Crippen LogP contribution in [0.3, 0.4) is 0 Å². The number of ether oxygens (including phenoxy) is 2. The Hall–Kier alpha value is -1.48. The molecule has 0 aliphatic rings. The van der Waals surface area contributed by atoms with Crippen LogP contribution in [0.25, 0.3) is 0 Å². The van der Waals surface area contributed by atoms with E-state index in [-0.39, 0.29) is 21.7 Å². The van der Waals surface area contributed by atoms with Crippen LogP contribution < -0.4 is 15.2 Å². The first-order valence-corrected chi connectivity index (χ1v) is 6.97. The highest BCUT2D eigenvalue weighted by molar-refractivity contribution is 9.10. The average Bonchev–Trinajstić information content (AvgIpc) is 2.36. The first kappa shape index (κ1) is 15.9. The van der Waals surface area contributed by atoms with Crippen molar-refractivity contribution >= 4 is 37.5 Å². The molecular formula is C12H7Br2F3N2O2. The largest absolute Gasteiger partial charge is 0.573 e. The minimum Gasteiger partial charge on any atom is -0.454 e. The third-order valence-corrected chi connectivity index (χ3v) is 3.41. The fraction of sp³-hybridized carbons (Fsp3) is 0.0833. The summed E-state index contributed by atoms with van der Waals surface area (Å²) in [5.41, 5.74) is 6.01. The van der Waals surface area contributed by atoms with Gasteiger partial charge in [0.2, 0.25) is 0 Å². The molecule has 0 atom stereocenters. The van der Waals surface area contributed by atoms with Gasteiger partial charge in [0.15, 0.2) is 5.75 Å². The molecular weight excluding hydrogens is 421 g/mol. The van der Waals surface area contributed by atoms with Gasteiger partial charge in [-0.3, -0.25) is 4.98 Å². The number of pyridine rings is 1. The van der Waals surface area contributed by atoms with E-state index in [1.165, 1.54) is 24.5 Å². The lowest BCUT2D eigenvalue weighted by atomic mass is 10.3. The van der Waals surface area contributed by atoms with E-state index in [2.05, 4.69) is 41.6 Å². The Bertz CT molecular complexity index is 645. The van der Waals surface area contributed by atoms with E-state index in [4.69, 9.17) is 10.5 Å². The molecule has 1 aromatic heterocycles. The molecule has 2 N–H and O–H groups in total. The van der Waals surface area contributed by atoms with Gasteiger partial charge in [-0.25, -0.2) is 0 Å². The molecule has 1 aromatic carbocycles. The Morgan fingerprint density at radius 3 is 2.38 bits per heavy atom. The molecule has 2 rings (SSSR count). The third-order valence-electron chi connectivity index (χ3n) is 2.23. The molecule has 0 amide bonds. The van der Waals surface area contributed by atoms with Crippen molar-refractivity contribution in [3.8, 4) is 17.2 Å². The highest BCUT2D eigenvalue weighted by atomic mass is 79.9. The van der Waals surface area contributed by atoms with Crippen LogP contribution >= 0.6 is 31.9 Å². The maximum atomic E-state index is 12.2. The van der Waals surface area contributed by atoms with Crippen LogP contribution in [0, 0.1) is 0 Å². The number of anilines is 1. The van der Waals surface area contributed by atoms with Gasteiger partial charge in [-0.15, -0.1) is 13.2 Å². The van der Waals surface area contributed by atoms with Crippen molar-refractivity contribution in [2.45, 2.75) is 6.36 Å². The summed E-state index contributed by atoms with van der Waals surface area (Å²) in [6.45, 7) is 0. The molecule has 4 nitrogen and oxygen atoms in total. The van der Waals surface area contributed by atoms with Gasteiger partial charge in [-0.05, 0) is 50.1 Å². The fourth-order valence-electron chi connectivity index (χ4n) is 1.42. The Morgan fingerprint density at radius 2 is 1.81 bits per heavy atom. The second-order valence-corrected chi connectivity index (χ2v) is 5.49. The van der Waals surface area contributed by atoms with Crippen molar-refractivity contribution in [1.29, 1.82) is 0 Å². The van der Waals surface area contributed by atoms with E-state index in [1.807, 2.05) is 0 Å². The molecule has 0 aliphatic carbocycles. The van der Waals surface area contributed by atoms with E-state index in [9.17, 15) is 13.2 Å². The molecule has 0 unspecified atom stereocenters. The highest BCUT2D eigenvalue weighted by Gasteiger charge is 2.32. The molecule has 0 bridgehead atoms. The topological polar surface area (TPSA) is 57.4 Å². The van der Waals surface area contributed by atoms with E-state index >= 15 is 0 Å². The molecule has 2 aromatic rings. The number of rotatable bonds is 3. The minimum absolute atomic E-state index is 0.0982. The fourth-order valence-corrected chi connectivity index (χ4v) is 2.28. The quantitative estimate of drug-likeness (QED) is 0.758. The number of aromatic nitrogens is 1. The number of hydrogen-bond donors (Lipinski definition) is 1. The molecule has 21 heavy (non-hydrogen) atoms. The highest BCUT2D eigenvalue weighted by Crippen LogP contribution is 2.38. The molecule has 0 saturated carbocycles. The number of nitrogen functional groups attached to an aromatic ring is 1. The normalized spacial score (nSPS) is 11.3. The zero-order valence-electron chi connectivity index (χ0n) is 10.1. The first-order chi connectivity index (χ1) is 9.76. The second-order valence-electron chi connectivity index (χ2n) is 3.78. The molecule has 1 heterocycles. The predicted octanol–water partition coefficient (Wildman–Crippen LogP) is 4.88. The lowest BCUT2D eigenvalue weighted by Crippen LogP contribution is -2.17. The van der Waals surface area contributed by atoms with Crippen LogP contribution in [-0.2, 0) is 0 Å². The van der Waals surface area contributed by atoms with Crippen LogP contribution in [0.2, 0.25) is 0 Å². The van der Waals surface area contributed by atoms with Crippen molar-refractivity contribution in [2.24, 2.45) is 0 Å². The molecule has 0 saturated heterocycles. The number of halogens is 5. The van der Waals surface area contributed by atoms with Crippen molar-refractivity contribution < 1.29 is 22.6 Å². The SMILES string of the molecule is Nc1cncc(Br)c1Oc1ccc(OC(F)(F)F)c(Br)c1. The second kappa shape index (κ2) is 6.10. The number of hydrogen-bond acceptors (Lipinski definition) is 4. The molecule has 0 fully saturated rings. The zero-order chi connectivity index (χ0) is 15.6.